The quantitative estimate of drug-likeness (QED) is 0.106. The van der Waals surface area contributed by atoms with Crippen molar-refractivity contribution in [1.29, 1.82) is 0 Å². The van der Waals surface area contributed by atoms with Crippen LogP contribution in [0.3, 0.4) is 0 Å². The van der Waals surface area contributed by atoms with Gasteiger partial charge in [-0.1, -0.05) is 204 Å². The van der Waals surface area contributed by atoms with E-state index in [4.69, 9.17) is 0 Å². The third-order valence-corrected chi connectivity index (χ3v) is 15.2. The lowest BCUT2D eigenvalue weighted by Gasteiger charge is -2.46. The molecule has 0 saturated carbocycles. The highest BCUT2D eigenvalue weighted by Crippen LogP contribution is 2.58. The van der Waals surface area contributed by atoms with Crippen LogP contribution < -0.4 is 25.4 Å². The minimum Gasteiger partial charge on any atom is -0.310 e. The van der Waals surface area contributed by atoms with Crippen LogP contribution in [0.25, 0.3) is 0 Å². The first-order valence-corrected chi connectivity index (χ1v) is 22.2. The molecule has 0 N–H and O–H groups in total. The highest BCUT2D eigenvalue weighted by molar-refractivity contribution is 6.96. The Bertz CT molecular complexity index is 2770. The molecule has 282 valence electrons. The van der Waals surface area contributed by atoms with Gasteiger partial charge in [0.15, 0.2) is 0 Å². The normalized spacial score (nSPS) is 12.7. The Labute approximate surface area is 349 Å². The molecule has 0 aromatic heterocycles. The van der Waals surface area contributed by atoms with Crippen molar-refractivity contribution in [3.8, 4) is 0 Å². The first-order valence-electron chi connectivity index (χ1n) is 20.5. The van der Waals surface area contributed by atoms with Gasteiger partial charge in [0.25, 0.3) is 0 Å². The molecule has 9 aromatic carbocycles. The van der Waals surface area contributed by atoms with E-state index in [1.165, 1.54) is 66.1 Å². The maximum Gasteiger partial charge on any atom is 0.135 e. The second kappa shape index (κ2) is 15.6. The van der Waals surface area contributed by atoms with Crippen LogP contribution in [-0.4, -0.2) is 8.80 Å². The standard InChI is InChI=1S/C56H44N2Si/c1-42-23-14-17-36-51(42)58(54-39-20-21-40-55(54)59(47-30-10-4-11-31-47)48-32-12-5-13-33-48)46-29-22-26-44(41-46)56(43-24-6-2-7-25-43)49-34-15-18-37-52(49)57(45-27-8-3-9-28-45)53-38-19-16-35-50(53)56/h2-41,59H,1H3. The van der Waals surface area contributed by atoms with Gasteiger partial charge in [0, 0.05) is 22.7 Å². The van der Waals surface area contributed by atoms with Gasteiger partial charge in [-0.3, -0.25) is 0 Å². The Hall–Kier alpha value is -7.20. The van der Waals surface area contributed by atoms with E-state index in [1.54, 1.807) is 0 Å². The zero-order valence-electron chi connectivity index (χ0n) is 33.1. The Kier molecular flexibility index (Phi) is 9.57. The van der Waals surface area contributed by atoms with Gasteiger partial charge >= 0.3 is 0 Å². The number of hydrogen-bond donors (Lipinski definition) is 0. The number of aryl methyl sites for hydroxylation is 1. The number of benzene rings is 9. The van der Waals surface area contributed by atoms with Crippen LogP contribution in [0.5, 0.6) is 0 Å². The molecule has 0 fully saturated rings. The van der Waals surface area contributed by atoms with Crippen LogP contribution in [0.2, 0.25) is 0 Å². The van der Waals surface area contributed by atoms with Crippen LogP contribution in [0.1, 0.15) is 27.8 Å². The fourth-order valence-electron chi connectivity index (χ4n) is 9.46. The van der Waals surface area contributed by atoms with Gasteiger partial charge in [-0.05, 0) is 88.5 Å². The van der Waals surface area contributed by atoms with E-state index >= 15 is 0 Å². The zero-order valence-corrected chi connectivity index (χ0v) is 34.2. The van der Waals surface area contributed by atoms with Gasteiger partial charge in [-0.2, -0.15) is 0 Å². The molecular formula is C56H44N2Si. The van der Waals surface area contributed by atoms with Crippen LogP contribution in [0.4, 0.5) is 34.1 Å². The SMILES string of the molecule is Cc1ccccc1N(c1cccc(C2(c3ccccc3)c3ccccc3N(c3ccccc3)c3ccccc32)c1)c1ccccc1[SiH](c1ccccc1)c1ccccc1. The number of fused-ring (bicyclic) bond motifs is 2. The van der Waals surface area contributed by atoms with Crippen molar-refractivity contribution in [1.82, 2.24) is 0 Å². The van der Waals surface area contributed by atoms with Crippen molar-refractivity contribution in [2.24, 2.45) is 0 Å². The van der Waals surface area contributed by atoms with Crippen molar-refractivity contribution in [2.75, 3.05) is 9.80 Å². The molecule has 0 spiro atoms. The van der Waals surface area contributed by atoms with E-state index in [2.05, 4.69) is 259 Å². The van der Waals surface area contributed by atoms with E-state index in [9.17, 15) is 0 Å². The molecule has 10 rings (SSSR count). The largest absolute Gasteiger partial charge is 0.310 e. The smallest absolute Gasteiger partial charge is 0.135 e. The minimum atomic E-state index is -1.94. The molecule has 0 bridgehead atoms. The number of nitrogens with zero attached hydrogens (tertiary/aromatic N) is 2. The Morgan fingerprint density at radius 3 is 1.49 bits per heavy atom. The van der Waals surface area contributed by atoms with E-state index in [0.717, 1.165) is 11.4 Å². The van der Waals surface area contributed by atoms with Gasteiger partial charge in [-0.25, -0.2) is 0 Å². The molecule has 0 unspecified atom stereocenters. The van der Waals surface area contributed by atoms with Crippen molar-refractivity contribution in [2.45, 2.75) is 12.3 Å². The van der Waals surface area contributed by atoms with Gasteiger partial charge in [0.2, 0.25) is 0 Å². The average molecular weight is 773 g/mol. The van der Waals surface area contributed by atoms with E-state index in [1.807, 2.05) is 0 Å². The summed E-state index contributed by atoms with van der Waals surface area (Å²) in [5, 5.41) is 4.17. The number of anilines is 6. The summed E-state index contributed by atoms with van der Waals surface area (Å²) in [7, 11) is -1.94. The molecule has 1 heterocycles. The minimum absolute atomic E-state index is 0.627. The predicted octanol–water partition coefficient (Wildman–Crippen LogP) is 11.9. The Balaban J connectivity index is 1.25. The second-order valence-corrected chi connectivity index (χ2v) is 18.1. The lowest BCUT2D eigenvalue weighted by atomic mass is 9.62. The summed E-state index contributed by atoms with van der Waals surface area (Å²) in [4.78, 5) is 4.96. The molecule has 0 amide bonds. The van der Waals surface area contributed by atoms with Gasteiger partial charge in [0.05, 0.1) is 16.8 Å². The molecule has 0 aliphatic carbocycles. The maximum absolute atomic E-state index is 2.52. The highest BCUT2D eigenvalue weighted by atomic mass is 28.3. The van der Waals surface area contributed by atoms with Crippen molar-refractivity contribution >= 4 is 58.5 Å². The molecule has 9 aromatic rings. The Morgan fingerprint density at radius 1 is 0.407 bits per heavy atom. The van der Waals surface area contributed by atoms with Crippen LogP contribution in [0, 0.1) is 6.92 Å². The molecule has 0 radical (unpaired) electrons. The van der Waals surface area contributed by atoms with Crippen molar-refractivity contribution < 1.29 is 0 Å². The fraction of sp³-hybridized carbons (Fsp3) is 0.0357. The molecule has 0 saturated heterocycles. The fourth-order valence-corrected chi connectivity index (χ4v) is 12.6. The average Bonchev–Trinajstić information content (AvgIpc) is 3.31. The summed E-state index contributed by atoms with van der Waals surface area (Å²) in [6, 6.07) is 89.4. The summed E-state index contributed by atoms with van der Waals surface area (Å²) in [6.45, 7) is 2.23. The lowest BCUT2D eigenvalue weighted by Crippen LogP contribution is -2.53. The van der Waals surface area contributed by atoms with Gasteiger partial charge < -0.3 is 9.80 Å². The molecule has 1 aliphatic rings. The third kappa shape index (κ3) is 6.28. The molecule has 59 heavy (non-hydrogen) atoms. The van der Waals surface area contributed by atoms with E-state index in [-0.39, 0.29) is 0 Å². The van der Waals surface area contributed by atoms with Crippen LogP contribution >= 0.6 is 0 Å². The highest BCUT2D eigenvalue weighted by Gasteiger charge is 2.46. The first kappa shape index (κ1) is 36.2. The molecule has 0 atom stereocenters. The summed E-state index contributed by atoms with van der Waals surface area (Å²) in [6.07, 6.45) is 0. The third-order valence-electron chi connectivity index (χ3n) is 12.0. The second-order valence-electron chi connectivity index (χ2n) is 15.3. The van der Waals surface area contributed by atoms with E-state index in [0.29, 0.717) is 0 Å². The molecule has 3 heteroatoms. The van der Waals surface area contributed by atoms with E-state index < -0.39 is 14.2 Å². The van der Waals surface area contributed by atoms with Crippen LogP contribution in [0.15, 0.2) is 243 Å². The first-order chi connectivity index (χ1) is 29.2. The van der Waals surface area contributed by atoms with Crippen LogP contribution in [-0.2, 0) is 5.41 Å². The topological polar surface area (TPSA) is 6.48 Å². The zero-order chi connectivity index (χ0) is 39.6. The van der Waals surface area contributed by atoms with Crippen molar-refractivity contribution in [3.05, 3.63) is 270 Å². The summed E-state index contributed by atoms with van der Waals surface area (Å²) in [5.74, 6) is 0. The number of rotatable bonds is 9. The van der Waals surface area contributed by atoms with Crippen molar-refractivity contribution in [3.63, 3.8) is 0 Å². The maximum atomic E-state index is 2.52. The lowest BCUT2D eigenvalue weighted by molar-refractivity contribution is 0.731. The van der Waals surface area contributed by atoms with Gasteiger partial charge in [-0.15, -0.1) is 0 Å². The predicted molar refractivity (Wildman–Crippen MR) is 251 cm³/mol. The molecular weight excluding hydrogens is 729 g/mol. The van der Waals surface area contributed by atoms with Gasteiger partial charge in [0.1, 0.15) is 8.80 Å². The number of hydrogen-bond acceptors (Lipinski definition) is 2. The summed E-state index contributed by atoms with van der Waals surface area (Å²) >= 11 is 0. The summed E-state index contributed by atoms with van der Waals surface area (Å²) in [5.41, 5.74) is 12.5. The number of para-hydroxylation sites is 5. The molecule has 2 nitrogen and oxygen atoms in total. The monoisotopic (exact) mass is 772 g/mol. The summed E-state index contributed by atoms with van der Waals surface area (Å²) < 4.78 is 0. The Morgan fingerprint density at radius 2 is 0.881 bits per heavy atom. The molecule has 1 aliphatic heterocycles.